The monoisotopic (exact) mass is 236 g/mol. The quantitative estimate of drug-likeness (QED) is 0.729. The van der Waals surface area contributed by atoms with Crippen LogP contribution in [0.1, 0.15) is 32.1 Å². The largest absolute Gasteiger partial charge is 0.369 e. The minimum atomic E-state index is -0.272. The van der Waals surface area contributed by atoms with Gasteiger partial charge in [-0.25, -0.2) is 0 Å². The fraction of sp³-hybridized carbons (Fsp3) is 0.692. The zero-order chi connectivity index (χ0) is 12.3. The van der Waals surface area contributed by atoms with Gasteiger partial charge >= 0.3 is 0 Å². The molecule has 0 saturated carbocycles. The van der Waals surface area contributed by atoms with E-state index in [4.69, 9.17) is 5.73 Å². The average Bonchev–Trinajstić information content (AvgIpc) is 2.39. The first-order valence-electron chi connectivity index (χ1n) is 6.41. The smallest absolute Gasteiger partial charge is 0.226 e. The number of piperidine rings is 1. The molecule has 2 aliphatic rings. The van der Waals surface area contributed by atoms with Crippen LogP contribution in [0.3, 0.4) is 0 Å². The van der Waals surface area contributed by atoms with E-state index < -0.39 is 0 Å². The van der Waals surface area contributed by atoms with Gasteiger partial charge in [-0.2, -0.15) is 0 Å². The fourth-order valence-corrected chi connectivity index (χ4v) is 2.69. The number of allylic oxidation sites excluding steroid dienone is 2. The number of nitrogens with zero attached hydrogens (tertiary/aromatic N) is 1. The summed E-state index contributed by atoms with van der Waals surface area (Å²) in [4.78, 5) is 25.3. The van der Waals surface area contributed by atoms with Gasteiger partial charge in [-0.05, 0) is 32.1 Å². The SMILES string of the molecule is NC(=O)C1CCCN(C(=O)C2CC=CCC2)C1. The lowest BCUT2D eigenvalue weighted by Crippen LogP contribution is -2.46. The van der Waals surface area contributed by atoms with E-state index in [1.165, 1.54) is 0 Å². The topological polar surface area (TPSA) is 63.4 Å². The van der Waals surface area contributed by atoms with Crippen molar-refractivity contribution in [1.82, 2.24) is 4.90 Å². The molecule has 0 aromatic heterocycles. The molecule has 2 unspecified atom stereocenters. The summed E-state index contributed by atoms with van der Waals surface area (Å²) in [5, 5.41) is 0. The molecule has 2 amide bonds. The predicted octanol–water partition coefficient (Wildman–Crippen LogP) is 1.07. The van der Waals surface area contributed by atoms with Gasteiger partial charge in [-0.3, -0.25) is 9.59 Å². The minimum Gasteiger partial charge on any atom is -0.369 e. The van der Waals surface area contributed by atoms with Crippen LogP contribution in [-0.4, -0.2) is 29.8 Å². The van der Waals surface area contributed by atoms with Crippen LogP contribution in [0.5, 0.6) is 0 Å². The summed E-state index contributed by atoms with van der Waals surface area (Å²) in [5.41, 5.74) is 5.32. The average molecular weight is 236 g/mol. The lowest BCUT2D eigenvalue weighted by Gasteiger charge is -2.34. The first-order chi connectivity index (χ1) is 8.18. The van der Waals surface area contributed by atoms with Crippen molar-refractivity contribution in [3.8, 4) is 0 Å². The van der Waals surface area contributed by atoms with Gasteiger partial charge in [0, 0.05) is 19.0 Å². The Morgan fingerprint density at radius 1 is 1.18 bits per heavy atom. The molecule has 0 aromatic rings. The fourth-order valence-electron chi connectivity index (χ4n) is 2.69. The van der Waals surface area contributed by atoms with Crippen molar-refractivity contribution in [1.29, 1.82) is 0 Å². The Balaban J connectivity index is 1.94. The molecule has 1 saturated heterocycles. The van der Waals surface area contributed by atoms with Crippen LogP contribution < -0.4 is 5.73 Å². The van der Waals surface area contributed by atoms with Gasteiger partial charge in [0.2, 0.25) is 11.8 Å². The Morgan fingerprint density at radius 2 is 2.00 bits per heavy atom. The van der Waals surface area contributed by atoms with E-state index in [0.29, 0.717) is 6.54 Å². The summed E-state index contributed by atoms with van der Waals surface area (Å²) in [6.45, 7) is 1.30. The molecule has 0 aromatic carbocycles. The van der Waals surface area contributed by atoms with Gasteiger partial charge in [0.1, 0.15) is 0 Å². The summed E-state index contributed by atoms with van der Waals surface area (Å²) in [7, 11) is 0. The molecule has 2 atom stereocenters. The lowest BCUT2D eigenvalue weighted by atomic mass is 9.91. The highest BCUT2D eigenvalue weighted by Gasteiger charge is 2.30. The van der Waals surface area contributed by atoms with Gasteiger partial charge in [-0.15, -0.1) is 0 Å². The Bertz CT molecular complexity index is 338. The van der Waals surface area contributed by atoms with Crippen molar-refractivity contribution in [2.24, 2.45) is 17.6 Å². The standard InChI is InChI=1S/C13H20N2O2/c14-12(16)11-7-4-8-15(9-11)13(17)10-5-2-1-3-6-10/h1-2,10-11H,3-9H2,(H2,14,16). The van der Waals surface area contributed by atoms with Crippen LogP contribution in [-0.2, 0) is 9.59 Å². The third-order valence-electron chi connectivity index (χ3n) is 3.75. The van der Waals surface area contributed by atoms with Gasteiger partial charge < -0.3 is 10.6 Å². The van der Waals surface area contributed by atoms with Crippen LogP contribution in [0.2, 0.25) is 0 Å². The first-order valence-corrected chi connectivity index (χ1v) is 6.41. The van der Waals surface area contributed by atoms with E-state index in [-0.39, 0.29) is 23.7 Å². The van der Waals surface area contributed by atoms with E-state index in [2.05, 4.69) is 12.2 Å². The second kappa shape index (κ2) is 5.34. The van der Waals surface area contributed by atoms with Crippen LogP contribution in [0.15, 0.2) is 12.2 Å². The van der Waals surface area contributed by atoms with Crippen molar-refractivity contribution in [2.45, 2.75) is 32.1 Å². The van der Waals surface area contributed by atoms with E-state index in [1.807, 2.05) is 4.90 Å². The second-order valence-corrected chi connectivity index (χ2v) is 5.01. The highest BCUT2D eigenvalue weighted by Crippen LogP contribution is 2.24. The highest BCUT2D eigenvalue weighted by molar-refractivity contribution is 5.81. The highest BCUT2D eigenvalue weighted by atomic mass is 16.2. The third-order valence-corrected chi connectivity index (χ3v) is 3.75. The summed E-state index contributed by atoms with van der Waals surface area (Å²) in [6, 6.07) is 0. The summed E-state index contributed by atoms with van der Waals surface area (Å²) >= 11 is 0. The summed E-state index contributed by atoms with van der Waals surface area (Å²) < 4.78 is 0. The molecule has 2 rings (SSSR count). The molecule has 4 heteroatoms. The van der Waals surface area contributed by atoms with Crippen molar-refractivity contribution < 1.29 is 9.59 Å². The van der Waals surface area contributed by atoms with Crippen molar-refractivity contribution >= 4 is 11.8 Å². The molecule has 1 heterocycles. The molecular formula is C13H20N2O2. The maximum Gasteiger partial charge on any atom is 0.226 e. The normalized spacial score (nSPS) is 29.1. The van der Waals surface area contributed by atoms with Gasteiger partial charge in [0.15, 0.2) is 0 Å². The molecule has 1 aliphatic heterocycles. The number of hydrogen-bond acceptors (Lipinski definition) is 2. The zero-order valence-electron chi connectivity index (χ0n) is 10.1. The number of likely N-dealkylation sites (tertiary alicyclic amines) is 1. The second-order valence-electron chi connectivity index (χ2n) is 5.01. The van der Waals surface area contributed by atoms with Crippen molar-refractivity contribution in [3.05, 3.63) is 12.2 Å². The minimum absolute atomic E-state index is 0.117. The van der Waals surface area contributed by atoms with Crippen LogP contribution in [0.25, 0.3) is 0 Å². The van der Waals surface area contributed by atoms with Crippen molar-refractivity contribution in [2.75, 3.05) is 13.1 Å². The van der Waals surface area contributed by atoms with E-state index in [0.717, 1.165) is 38.6 Å². The van der Waals surface area contributed by atoms with E-state index in [1.54, 1.807) is 0 Å². The number of carbonyl (C=O) groups is 2. The van der Waals surface area contributed by atoms with E-state index >= 15 is 0 Å². The number of carbonyl (C=O) groups excluding carboxylic acids is 2. The Hall–Kier alpha value is -1.32. The number of hydrogen-bond donors (Lipinski definition) is 1. The zero-order valence-corrected chi connectivity index (χ0v) is 10.1. The maximum atomic E-state index is 12.3. The maximum absolute atomic E-state index is 12.3. The Morgan fingerprint density at radius 3 is 2.65 bits per heavy atom. The Labute approximate surface area is 102 Å². The van der Waals surface area contributed by atoms with Crippen LogP contribution in [0.4, 0.5) is 0 Å². The van der Waals surface area contributed by atoms with Gasteiger partial charge in [-0.1, -0.05) is 12.2 Å². The molecular weight excluding hydrogens is 216 g/mol. The van der Waals surface area contributed by atoms with Gasteiger partial charge in [0.05, 0.1) is 5.92 Å². The lowest BCUT2D eigenvalue weighted by molar-refractivity contribution is -0.139. The molecule has 94 valence electrons. The van der Waals surface area contributed by atoms with Gasteiger partial charge in [0.25, 0.3) is 0 Å². The molecule has 0 spiro atoms. The summed E-state index contributed by atoms with van der Waals surface area (Å²) in [6.07, 6.45) is 8.70. The summed E-state index contributed by atoms with van der Waals surface area (Å²) in [5.74, 6) is -0.0928. The number of amides is 2. The first kappa shape index (κ1) is 12.1. The molecule has 0 radical (unpaired) electrons. The number of primary amides is 1. The molecule has 4 nitrogen and oxygen atoms in total. The predicted molar refractivity (Wildman–Crippen MR) is 65.0 cm³/mol. The van der Waals surface area contributed by atoms with Crippen LogP contribution in [0, 0.1) is 11.8 Å². The number of nitrogens with two attached hydrogens (primary N) is 1. The molecule has 17 heavy (non-hydrogen) atoms. The van der Waals surface area contributed by atoms with E-state index in [9.17, 15) is 9.59 Å². The molecule has 1 fully saturated rings. The van der Waals surface area contributed by atoms with Crippen LogP contribution >= 0.6 is 0 Å². The molecule has 1 aliphatic carbocycles. The molecule has 0 bridgehead atoms. The number of rotatable bonds is 2. The van der Waals surface area contributed by atoms with Crippen molar-refractivity contribution in [3.63, 3.8) is 0 Å². The molecule has 2 N–H and O–H groups in total. The Kier molecular flexibility index (Phi) is 3.82. The third kappa shape index (κ3) is 2.87.